The molecular formula is C4H14N6O3. The Kier molecular flexibility index (Phi) is 13.4. The molecule has 0 saturated carbocycles. The number of aliphatic imine (C=N–C) groups is 1. The highest BCUT2D eigenvalue weighted by molar-refractivity contribution is 5.91. The van der Waals surface area contributed by atoms with Crippen molar-refractivity contribution in [2.45, 2.75) is 0 Å². The first-order valence-electron chi connectivity index (χ1n) is 2.78. The molecular weight excluding hydrogens is 180 g/mol. The topological polar surface area (TPSA) is 173 Å². The van der Waals surface area contributed by atoms with Gasteiger partial charge in [0.15, 0.2) is 11.3 Å². The number of hydrogen-bond donors (Lipinski definition) is 4. The van der Waals surface area contributed by atoms with Crippen LogP contribution in [0.5, 0.6) is 0 Å². The Morgan fingerprint density at radius 2 is 1.77 bits per heavy atom. The fourth-order valence-electron chi connectivity index (χ4n) is 0.223. The van der Waals surface area contributed by atoms with E-state index in [0.29, 0.717) is 0 Å². The summed E-state index contributed by atoms with van der Waals surface area (Å²) in [5.41, 5.74) is 10.2. The summed E-state index contributed by atoms with van der Waals surface area (Å²) >= 11 is 0. The molecule has 13 heavy (non-hydrogen) atoms. The molecule has 0 radical (unpaired) electrons. The van der Waals surface area contributed by atoms with E-state index in [9.17, 15) is 0 Å². The number of guanidine groups is 2. The quantitative estimate of drug-likeness (QED) is 0.152. The molecule has 0 fully saturated rings. The minimum Gasteiger partial charge on any atom is -0.412 e. The van der Waals surface area contributed by atoms with Crippen LogP contribution >= 0.6 is 0 Å². The Hall–Kier alpha value is -1.90. The lowest BCUT2D eigenvalue weighted by molar-refractivity contribution is 0.312. The lowest BCUT2D eigenvalue weighted by Crippen LogP contribution is -2.32. The maximum atomic E-state index is 8.11. The van der Waals surface area contributed by atoms with Crippen molar-refractivity contribution in [1.29, 1.82) is 5.41 Å². The van der Waals surface area contributed by atoms with E-state index in [1.54, 1.807) is 19.0 Å². The highest BCUT2D eigenvalue weighted by atomic mass is 16.6. The average Bonchev–Trinajstić information content (AvgIpc) is 1.87. The normalized spacial score (nSPS) is 8.62. The van der Waals surface area contributed by atoms with Crippen LogP contribution in [0, 0.1) is 10.3 Å². The van der Waals surface area contributed by atoms with Crippen molar-refractivity contribution in [3.8, 4) is 0 Å². The predicted octanol–water partition coefficient (Wildman–Crippen LogP) is -1.93. The average molecular weight is 194 g/mol. The maximum Gasteiger partial charge on any atom is 0.215 e. The van der Waals surface area contributed by atoms with Crippen molar-refractivity contribution in [2.24, 2.45) is 21.8 Å². The summed E-state index contributed by atoms with van der Waals surface area (Å²) < 4.78 is 0. The highest BCUT2D eigenvalue weighted by Crippen LogP contribution is 1.73. The standard InChI is InChI=1S/C4H11N5.HNO2.H2O/c1-9(2)4(7)8-3(5)6;2-1-3;/h1-2H3,(H5,5,6,7,8);(H,2,3);1H2. The third-order valence-electron chi connectivity index (χ3n) is 0.693. The Morgan fingerprint density at radius 3 is 1.85 bits per heavy atom. The molecule has 0 aromatic heterocycles. The zero-order valence-electron chi connectivity index (χ0n) is 7.35. The van der Waals surface area contributed by atoms with E-state index in [2.05, 4.69) is 4.99 Å². The lowest BCUT2D eigenvalue weighted by atomic mass is 10.8. The molecule has 0 unspecified atom stereocenters. The first-order chi connectivity index (χ1) is 5.45. The molecule has 8 N–H and O–H groups in total. The molecule has 9 heteroatoms. The number of rotatable bonds is 0. The predicted molar refractivity (Wildman–Crippen MR) is 48.4 cm³/mol. The van der Waals surface area contributed by atoms with E-state index in [0.717, 1.165) is 0 Å². The molecule has 0 saturated heterocycles. The molecule has 78 valence electrons. The summed E-state index contributed by atoms with van der Waals surface area (Å²) in [6, 6.07) is 0. The minimum absolute atomic E-state index is 0. The van der Waals surface area contributed by atoms with Crippen molar-refractivity contribution < 1.29 is 10.7 Å². The molecule has 0 aliphatic rings. The maximum absolute atomic E-state index is 8.11. The van der Waals surface area contributed by atoms with Crippen molar-refractivity contribution >= 4 is 11.9 Å². The first kappa shape index (κ1) is 17.3. The van der Waals surface area contributed by atoms with Crippen LogP contribution in [0.2, 0.25) is 0 Å². The summed E-state index contributed by atoms with van der Waals surface area (Å²) in [7, 11) is 3.45. The van der Waals surface area contributed by atoms with Gasteiger partial charge in [-0.3, -0.25) is 5.41 Å². The Balaban J connectivity index is -0.000000220. The second-order valence-electron chi connectivity index (χ2n) is 1.83. The molecule has 0 aromatic rings. The summed E-state index contributed by atoms with van der Waals surface area (Å²) in [6.45, 7) is 0. The molecule has 0 spiro atoms. The van der Waals surface area contributed by atoms with Crippen LogP contribution in [-0.2, 0) is 0 Å². The summed E-state index contributed by atoms with van der Waals surface area (Å²) in [5.74, 6) is -0.0382. The fraction of sp³-hybridized carbons (Fsp3) is 0.500. The molecule has 9 nitrogen and oxygen atoms in total. The third-order valence-corrected chi connectivity index (χ3v) is 0.693. The Labute approximate surface area is 74.8 Å². The number of nitrogens with one attached hydrogen (secondary N) is 1. The summed E-state index contributed by atoms with van der Waals surface area (Å²) in [6.07, 6.45) is 0. The highest BCUT2D eigenvalue weighted by Gasteiger charge is 1.92. The monoisotopic (exact) mass is 194 g/mol. The lowest BCUT2D eigenvalue weighted by Gasteiger charge is -2.08. The van der Waals surface area contributed by atoms with Crippen LogP contribution in [0.4, 0.5) is 0 Å². The van der Waals surface area contributed by atoms with Gasteiger partial charge in [-0.25, -0.2) is 0 Å². The van der Waals surface area contributed by atoms with Gasteiger partial charge in [-0.15, -0.1) is 4.91 Å². The molecule has 0 aliphatic carbocycles. The van der Waals surface area contributed by atoms with Crippen molar-refractivity contribution in [3.63, 3.8) is 0 Å². The molecule has 0 heterocycles. The summed E-state index contributed by atoms with van der Waals surface area (Å²) in [5, 5.41) is 14.6. The fourth-order valence-corrected chi connectivity index (χ4v) is 0.223. The van der Waals surface area contributed by atoms with Crippen molar-refractivity contribution in [1.82, 2.24) is 4.90 Å². The van der Waals surface area contributed by atoms with E-state index in [1.807, 2.05) is 0 Å². The smallest absolute Gasteiger partial charge is 0.215 e. The van der Waals surface area contributed by atoms with Crippen molar-refractivity contribution in [2.75, 3.05) is 14.1 Å². The van der Waals surface area contributed by atoms with Gasteiger partial charge in [-0.05, 0) is 0 Å². The molecule has 0 aromatic carbocycles. The third kappa shape index (κ3) is 17.8. The van der Waals surface area contributed by atoms with E-state index in [1.165, 1.54) is 5.34 Å². The van der Waals surface area contributed by atoms with Gasteiger partial charge in [0.2, 0.25) is 5.96 Å². The zero-order chi connectivity index (χ0) is 10.1. The van der Waals surface area contributed by atoms with Gasteiger partial charge in [0, 0.05) is 14.1 Å². The van der Waals surface area contributed by atoms with E-state index in [-0.39, 0.29) is 17.4 Å². The summed E-state index contributed by atoms with van der Waals surface area (Å²) in [4.78, 5) is 13.1. The Bertz CT molecular complexity index is 179. The first-order valence-corrected chi connectivity index (χ1v) is 2.78. The van der Waals surface area contributed by atoms with E-state index >= 15 is 0 Å². The van der Waals surface area contributed by atoms with Crippen molar-refractivity contribution in [3.05, 3.63) is 4.91 Å². The molecule has 0 aliphatic heterocycles. The second-order valence-corrected chi connectivity index (χ2v) is 1.83. The molecule has 0 rings (SSSR count). The molecule has 0 atom stereocenters. The van der Waals surface area contributed by atoms with Gasteiger partial charge in [-0.1, -0.05) is 0 Å². The van der Waals surface area contributed by atoms with Crippen LogP contribution < -0.4 is 11.5 Å². The molecule has 0 amide bonds. The van der Waals surface area contributed by atoms with E-state index in [4.69, 9.17) is 27.0 Å². The van der Waals surface area contributed by atoms with Gasteiger partial charge in [0.1, 0.15) is 0 Å². The zero-order valence-corrected chi connectivity index (χ0v) is 7.35. The van der Waals surface area contributed by atoms with Gasteiger partial charge in [-0.2, -0.15) is 4.99 Å². The minimum atomic E-state index is -0.277. The van der Waals surface area contributed by atoms with E-state index < -0.39 is 0 Å². The Morgan fingerprint density at radius 1 is 1.46 bits per heavy atom. The van der Waals surface area contributed by atoms with Crippen LogP contribution in [0.15, 0.2) is 10.3 Å². The van der Waals surface area contributed by atoms with Crippen LogP contribution in [0.1, 0.15) is 0 Å². The number of nitrogens with zero attached hydrogens (tertiary/aromatic N) is 3. The van der Waals surface area contributed by atoms with Gasteiger partial charge in [0.25, 0.3) is 0 Å². The van der Waals surface area contributed by atoms with Gasteiger partial charge in [0.05, 0.1) is 0 Å². The van der Waals surface area contributed by atoms with Crippen LogP contribution in [0.3, 0.4) is 0 Å². The largest absolute Gasteiger partial charge is 0.412 e. The van der Waals surface area contributed by atoms with Gasteiger partial charge < -0.3 is 27.1 Å². The number of nitrogens with two attached hydrogens (primary N) is 2. The molecule has 0 bridgehead atoms. The second kappa shape index (κ2) is 10.1. The number of hydrogen-bond acceptors (Lipinski definition) is 3. The van der Waals surface area contributed by atoms with Crippen LogP contribution in [-0.4, -0.2) is 41.6 Å². The van der Waals surface area contributed by atoms with Gasteiger partial charge >= 0.3 is 0 Å². The van der Waals surface area contributed by atoms with Crippen LogP contribution in [0.25, 0.3) is 0 Å². The SMILES string of the molecule is CN(C)C(N)=NC(=N)N.O.O=NO.